The Morgan fingerprint density at radius 3 is 1.12 bits per heavy atom. The highest BCUT2D eigenvalue weighted by atomic mass is 16.3. The summed E-state index contributed by atoms with van der Waals surface area (Å²) in [4.78, 5) is 0. The van der Waals surface area contributed by atoms with Crippen LogP contribution in [0.3, 0.4) is 0 Å². The molecule has 132 valence electrons. The van der Waals surface area contributed by atoms with E-state index < -0.39 is 5.41 Å². The van der Waals surface area contributed by atoms with Crippen LogP contribution in [0, 0.1) is 5.41 Å². The lowest BCUT2D eigenvalue weighted by molar-refractivity contribution is 0.0857. The van der Waals surface area contributed by atoms with Gasteiger partial charge in [0.05, 0.1) is 31.8 Å². The first-order valence-corrected chi connectivity index (χ1v) is 8.00. The van der Waals surface area contributed by atoms with Crippen molar-refractivity contribution >= 4 is 0 Å². The number of hydrogen-bond donors (Lipinski definition) is 4. The molecule has 0 atom stereocenters. The van der Waals surface area contributed by atoms with Crippen molar-refractivity contribution in [3.8, 4) is 0 Å². The van der Waals surface area contributed by atoms with Gasteiger partial charge in [0.25, 0.3) is 0 Å². The average molecular weight is 332 g/mol. The van der Waals surface area contributed by atoms with Crippen molar-refractivity contribution in [2.75, 3.05) is 26.4 Å². The zero-order valence-electron chi connectivity index (χ0n) is 14.4. The van der Waals surface area contributed by atoms with Crippen molar-refractivity contribution in [3.63, 3.8) is 0 Å². The van der Waals surface area contributed by atoms with E-state index in [2.05, 4.69) is 0 Å². The smallest absolute Gasteiger partial charge is 0.0664 e. The van der Waals surface area contributed by atoms with Crippen molar-refractivity contribution in [3.05, 3.63) is 71.8 Å². The van der Waals surface area contributed by atoms with E-state index in [4.69, 9.17) is 10.2 Å². The first kappa shape index (κ1) is 20.3. The normalized spacial score (nSPS) is 11.6. The van der Waals surface area contributed by atoms with Crippen molar-refractivity contribution in [1.82, 2.24) is 0 Å². The molecule has 0 spiro atoms. The summed E-state index contributed by atoms with van der Waals surface area (Å²) in [6, 6.07) is 19.2. The van der Waals surface area contributed by atoms with E-state index in [9.17, 15) is 10.2 Å². The van der Waals surface area contributed by atoms with Crippen LogP contribution in [0.25, 0.3) is 0 Å². The van der Waals surface area contributed by atoms with Crippen LogP contribution in [0.2, 0.25) is 0 Å². The van der Waals surface area contributed by atoms with Gasteiger partial charge in [0.15, 0.2) is 0 Å². The third kappa shape index (κ3) is 5.14. The minimum absolute atomic E-state index is 0.0451. The third-order valence-electron chi connectivity index (χ3n) is 4.05. The van der Waals surface area contributed by atoms with Gasteiger partial charge in [0, 0.05) is 5.41 Å². The third-order valence-corrected chi connectivity index (χ3v) is 4.05. The Hall–Kier alpha value is -1.72. The van der Waals surface area contributed by atoms with Gasteiger partial charge in [-0.15, -0.1) is 0 Å². The molecule has 0 aliphatic heterocycles. The van der Waals surface area contributed by atoms with Gasteiger partial charge in [-0.05, 0) is 11.1 Å². The lowest BCUT2D eigenvalue weighted by Crippen LogP contribution is -2.36. The number of aliphatic hydroxyl groups excluding tert-OH is 4. The molecule has 0 aliphatic rings. The minimum atomic E-state index is -0.720. The van der Waals surface area contributed by atoms with Crippen molar-refractivity contribution < 1.29 is 20.4 Å². The second-order valence-corrected chi connectivity index (χ2v) is 6.61. The summed E-state index contributed by atoms with van der Waals surface area (Å²) in [7, 11) is 0. The van der Waals surface area contributed by atoms with Gasteiger partial charge in [-0.2, -0.15) is 0 Å². The van der Waals surface area contributed by atoms with Gasteiger partial charge in [0.2, 0.25) is 0 Å². The van der Waals surface area contributed by atoms with E-state index in [0.29, 0.717) is 0 Å². The Labute approximate surface area is 144 Å². The molecule has 0 aliphatic carbocycles. The van der Waals surface area contributed by atoms with Crippen molar-refractivity contribution in [2.45, 2.75) is 19.3 Å². The summed E-state index contributed by atoms with van der Waals surface area (Å²) in [5.41, 5.74) is 0.829. The summed E-state index contributed by atoms with van der Waals surface area (Å²) in [5.74, 6) is 0. The molecule has 0 heterocycles. The van der Waals surface area contributed by atoms with E-state index >= 15 is 0 Å². The van der Waals surface area contributed by atoms with Crippen LogP contribution in [0.5, 0.6) is 0 Å². The maximum atomic E-state index is 9.72. The van der Waals surface area contributed by atoms with Crippen LogP contribution >= 0.6 is 0 Å². The molecule has 4 heteroatoms. The van der Waals surface area contributed by atoms with Crippen LogP contribution in [0.1, 0.15) is 25.0 Å². The fraction of sp³-hybridized carbons (Fsp3) is 0.400. The predicted molar refractivity (Wildman–Crippen MR) is 95.8 cm³/mol. The van der Waals surface area contributed by atoms with Gasteiger partial charge in [0.1, 0.15) is 0 Å². The average Bonchev–Trinajstić information content (AvgIpc) is 2.66. The van der Waals surface area contributed by atoms with E-state index in [1.165, 1.54) is 0 Å². The highest BCUT2D eigenvalue weighted by molar-refractivity contribution is 5.39. The molecule has 0 aromatic heterocycles. The first-order chi connectivity index (χ1) is 11.5. The molecule has 0 unspecified atom stereocenters. The van der Waals surface area contributed by atoms with Gasteiger partial charge >= 0.3 is 0 Å². The van der Waals surface area contributed by atoms with Crippen LogP contribution < -0.4 is 0 Å². The Bertz CT molecular complexity index is 515. The molecule has 0 bridgehead atoms. The molecule has 0 saturated carbocycles. The fourth-order valence-corrected chi connectivity index (χ4v) is 2.15. The molecule has 0 amide bonds. The van der Waals surface area contributed by atoms with Crippen LogP contribution in [0.15, 0.2) is 60.7 Å². The van der Waals surface area contributed by atoms with Gasteiger partial charge in [-0.25, -0.2) is 0 Å². The maximum Gasteiger partial charge on any atom is 0.0664 e. The van der Waals surface area contributed by atoms with Crippen LogP contribution in [-0.2, 0) is 5.41 Å². The highest BCUT2D eigenvalue weighted by Crippen LogP contribution is 2.31. The molecule has 24 heavy (non-hydrogen) atoms. The first-order valence-electron chi connectivity index (χ1n) is 8.00. The van der Waals surface area contributed by atoms with Crippen LogP contribution in [0.4, 0.5) is 0 Å². The zero-order valence-corrected chi connectivity index (χ0v) is 14.4. The summed E-state index contributed by atoms with van der Waals surface area (Å²) in [6.07, 6.45) is 0. The van der Waals surface area contributed by atoms with E-state index in [1.54, 1.807) is 13.8 Å². The predicted octanol–water partition coefficient (Wildman–Crippen LogP) is 1.95. The number of benzene rings is 2. The maximum absolute atomic E-state index is 9.72. The second kappa shape index (κ2) is 9.55. The second-order valence-electron chi connectivity index (χ2n) is 6.61. The molecule has 2 aromatic rings. The Morgan fingerprint density at radius 1 is 0.583 bits per heavy atom. The summed E-state index contributed by atoms with van der Waals surface area (Å²) >= 11 is 0. The topological polar surface area (TPSA) is 80.9 Å². The largest absolute Gasteiger partial charge is 0.396 e. The standard InChI is InChI=1S/C15H16O2.C5H12O2/c16-11-15(12-17,13-7-3-1-4-8-13)14-9-5-2-6-10-14;1-5(2,3-6)4-7/h1-10,16-17H,11-12H2;6-7H,3-4H2,1-2H3. The van der Waals surface area contributed by atoms with Gasteiger partial charge in [-0.1, -0.05) is 74.5 Å². The van der Waals surface area contributed by atoms with Crippen molar-refractivity contribution in [1.29, 1.82) is 0 Å². The molecule has 0 radical (unpaired) electrons. The Morgan fingerprint density at radius 2 is 0.917 bits per heavy atom. The number of rotatable bonds is 6. The number of aliphatic hydroxyl groups is 4. The van der Waals surface area contributed by atoms with E-state index in [0.717, 1.165) is 11.1 Å². The monoisotopic (exact) mass is 332 g/mol. The SMILES string of the molecule is CC(C)(CO)CO.OCC(CO)(c1ccccc1)c1ccccc1. The molecule has 0 fully saturated rings. The van der Waals surface area contributed by atoms with E-state index in [1.807, 2.05) is 60.7 Å². The molecular weight excluding hydrogens is 304 g/mol. The van der Waals surface area contributed by atoms with Gasteiger partial charge < -0.3 is 20.4 Å². The molecule has 2 rings (SSSR count). The fourth-order valence-electron chi connectivity index (χ4n) is 2.15. The Kier molecular flexibility index (Phi) is 8.08. The Balaban J connectivity index is 0.000000351. The summed E-state index contributed by atoms with van der Waals surface area (Å²) in [6.45, 7) is 3.46. The summed E-state index contributed by atoms with van der Waals surface area (Å²) < 4.78 is 0. The highest BCUT2D eigenvalue weighted by Gasteiger charge is 2.32. The molecule has 2 aromatic carbocycles. The van der Waals surface area contributed by atoms with E-state index in [-0.39, 0.29) is 31.8 Å². The lowest BCUT2D eigenvalue weighted by atomic mass is 9.76. The minimum Gasteiger partial charge on any atom is -0.396 e. The quantitative estimate of drug-likeness (QED) is 0.652. The lowest BCUT2D eigenvalue weighted by Gasteiger charge is -2.31. The summed E-state index contributed by atoms with van der Waals surface area (Å²) in [5, 5.41) is 36.3. The van der Waals surface area contributed by atoms with Crippen molar-refractivity contribution in [2.24, 2.45) is 5.41 Å². The van der Waals surface area contributed by atoms with Gasteiger partial charge in [-0.3, -0.25) is 0 Å². The molecule has 4 nitrogen and oxygen atoms in total. The van der Waals surface area contributed by atoms with Crippen LogP contribution in [-0.4, -0.2) is 46.9 Å². The zero-order chi connectivity index (χ0) is 18.1. The number of hydrogen-bond acceptors (Lipinski definition) is 4. The molecular formula is C20H28O4. The molecule has 0 saturated heterocycles. The molecule has 4 N–H and O–H groups in total.